The van der Waals surface area contributed by atoms with Gasteiger partial charge >= 0.3 is 0 Å². The van der Waals surface area contributed by atoms with Crippen LogP contribution in [0.4, 0.5) is 5.69 Å². The monoisotopic (exact) mass is 445 g/mol. The molecule has 5 heteroatoms. The summed E-state index contributed by atoms with van der Waals surface area (Å²) in [6.07, 6.45) is 2.12. The molecular weight excluding hydrogens is 410 g/mol. The number of likely N-dealkylation sites (tertiary alicyclic amines) is 1. The number of methoxy groups -OCH3 is 1. The number of benzene rings is 2. The quantitative estimate of drug-likeness (QED) is 0.491. The summed E-state index contributed by atoms with van der Waals surface area (Å²) in [6.45, 7) is 10.8. The predicted octanol–water partition coefficient (Wildman–Crippen LogP) is 4.95. The average Bonchev–Trinajstić information content (AvgIpc) is 2.86. The van der Waals surface area contributed by atoms with E-state index in [2.05, 4.69) is 53.8 Å². The summed E-state index contributed by atoms with van der Waals surface area (Å²) in [5, 5.41) is 1.18. The zero-order valence-electron chi connectivity index (χ0n) is 20.1. The number of aryl methyl sites for hydroxylation is 1. The highest BCUT2D eigenvalue weighted by molar-refractivity contribution is 5.89. The van der Waals surface area contributed by atoms with Crippen molar-refractivity contribution < 1.29 is 4.74 Å². The van der Waals surface area contributed by atoms with Crippen LogP contribution in [-0.4, -0.2) is 49.9 Å². The first-order chi connectivity index (χ1) is 16.0. The maximum absolute atomic E-state index is 13.0. The molecule has 0 atom stereocenters. The number of piperidine rings is 1. The maximum Gasteiger partial charge on any atom is 0.251 e. The van der Waals surface area contributed by atoms with E-state index in [0.29, 0.717) is 12.5 Å². The van der Waals surface area contributed by atoms with Crippen molar-refractivity contribution in [2.24, 2.45) is 0 Å². The number of anilines is 1. The molecular formula is C28H35N3O2. The van der Waals surface area contributed by atoms with Gasteiger partial charge in [-0.15, -0.1) is 0 Å². The Kier molecular flexibility index (Phi) is 7.31. The Morgan fingerprint density at radius 2 is 1.85 bits per heavy atom. The van der Waals surface area contributed by atoms with Crippen LogP contribution in [0.2, 0.25) is 0 Å². The molecule has 5 nitrogen and oxygen atoms in total. The first-order valence-corrected chi connectivity index (χ1v) is 11.9. The highest BCUT2D eigenvalue weighted by Crippen LogP contribution is 2.35. The van der Waals surface area contributed by atoms with E-state index in [1.165, 1.54) is 10.9 Å². The van der Waals surface area contributed by atoms with Crippen LogP contribution in [0.5, 0.6) is 0 Å². The molecule has 0 bridgehead atoms. The van der Waals surface area contributed by atoms with Gasteiger partial charge in [-0.05, 0) is 68.1 Å². The number of rotatable bonds is 8. The van der Waals surface area contributed by atoms with Crippen molar-refractivity contribution in [3.63, 3.8) is 0 Å². The molecule has 0 spiro atoms. The number of ether oxygens (including phenoxy) is 1. The van der Waals surface area contributed by atoms with E-state index in [1.54, 1.807) is 7.11 Å². The molecule has 0 unspecified atom stereocenters. The third-order valence-corrected chi connectivity index (χ3v) is 6.98. The molecule has 0 N–H and O–H groups in total. The Morgan fingerprint density at radius 3 is 2.52 bits per heavy atom. The molecule has 3 aromatic rings. The molecule has 33 heavy (non-hydrogen) atoms. The molecule has 0 amide bonds. The molecule has 0 radical (unpaired) electrons. The van der Waals surface area contributed by atoms with Crippen molar-refractivity contribution >= 4 is 22.3 Å². The second-order valence-electron chi connectivity index (χ2n) is 8.86. The summed E-state index contributed by atoms with van der Waals surface area (Å²) in [6, 6.07) is 18.6. The second-order valence-corrected chi connectivity index (χ2v) is 8.86. The summed E-state index contributed by atoms with van der Waals surface area (Å²) < 4.78 is 7.12. The van der Waals surface area contributed by atoms with Gasteiger partial charge in [0.2, 0.25) is 0 Å². The van der Waals surface area contributed by atoms with Gasteiger partial charge in [0, 0.05) is 50.1 Å². The third-order valence-electron chi connectivity index (χ3n) is 6.98. The minimum Gasteiger partial charge on any atom is -0.383 e. The number of aromatic nitrogens is 1. The number of fused-ring (bicyclic) bond motifs is 1. The molecule has 1 aromatic heterocycles. The zero-order chi connectivity index (χ0) is 23.4. The van der Waals surface area contributed by atoms with Crippen molar-refractivity contribution in [1.82, 2.24) is 9.47 Å². The van der Waals surface area contributed by atoms with Crippen LogP contribution in [0.1, 0.15) is 36.8 Å². The first-order valence-electron chi connectivity index (χ1n) is 11.9. The number of hydrogen-bond acceptors (Lipinski definition) is 4. The standard InChI is InChI=1S/C28H35N3O2/c1-5-31-27-12-11-24(29(3)21(2)22-9-7-6-8-10-22)19-26(27)25(20-28(31)32)23-13-15-30(16-14-23)17-18-33-4/h6-12,19-20,23H,2,5,13-18H2,1,3-4H3. The van der Waals surface area contributed by atoms with Gasteiger partial charge in [0.1, 0.15) is 0 Å². The van der Waals surface area contributed by atoms with E-state index in [-0.39, 0.29) is 5.56 Å². The topological polar surface area (TPSA) is 37.7 Å². The Bertz CT molecular complexity index is 1160. The van der Waals surface area contributed by atoms with E-state index in [0.717, 1.165) is 61.5 Å². The number of pyridine rings is 1. The molecule has 1 aliphatic heterocycles. The summed E-state index contributed by atoms with van der Waals surface area (Å²) in [7, 11) is 3.81. The van der Waals surface area contributed by atoms with Gasteiger partial charge in [0.15, 0.2) is 0 Å². The molecule has 1 aliphatic rings. The predicted molar refractivity (Wildman–Crippen MR) is 138 cm³/mol. The smallest absolute Gasteiger partial charge is 0.251 e. The lowest BCUT2D eigenvalue weighted by atomic mass is 9.87. The minimum atomic E-state index is 0.0941. The molecule has 2 aromatic carbocycles. The fourth-order valence-electron chi connectivity index (χ4n) is 4.94. The summed E-state index contributed by atoms with van der Waals surface area (Å²) >= 11 is 0. The fraction of sp³-hybridized carbons (Fsp3) is 0.393. The summed E-state index contributed by atoms with van der Waals surface area (Å²) in [5.74, 6) is 0.392. The van der Waals surface area contributed by atoms with Crippen molar-refractivity contribution in [3.8, 4) is 0 Å². The SMILES string of the molecule is C=C(c1ccccc1)N(C)c1ccc2c(c1)c(C1CCN(CCOC)CC1)cc(=O)n2CC. The Labute approximate surface area is 196 Å². The van der Waals surface area contributed by atoms with Crippen molar-refractivity contribution in [3.05, 3.63) is 82.7 Å². The van der Waals surface area contributed by atoms with Crippen molar-refractivity contribution in [2.45, 2.75) is 32.2 Å². The lowest BCUT2D eigenvalue weighted by Gasteiger charge is -2.32. The molecule has 4 rings (SSSR count). The van der Waals surface area contributed by atoms with Gasteiger partial charge in [-0.3, -0.25) is 4.79 Å². The Morgan fingerprint density at radius 1 is 1.12 bits per heavy atom. The molecule has 0 saturated carbocycles. The Hall–Kier alpha value is -2.89. The van der Waals surface area contributed by atoms with E-state index in [9.17, 15) is 4.79 Å². The number of nitrogens with zero attached hydrogens (tertiary/aromatic N) is 3. The van der Waals surface area contributed by atoms with Crippen LogP contribution in [0, 0.1) is 0 Å². The van der Waals surface area contributed by atoms with Gasteiger partial charge in [0.25, 0.3) is 5.56 Å². The van der Waals surface area contributed by atoms with Crippen LogP contribution in [-0.2, 0) is 11.3 Å². The van der Waals surface area contributed by atoms with E-state index >= 15 is 0 Å². The zero-order valence-corrected chi connectivity index (χ0v) is 20.1. The second kappa shape index (κ2) is 10.4. The summed E-state index contributed by atoms with van der Waals surface area (Å²) in [5.41, 5.74) is 5.43. The highest BCUT2D eigenvalue weighted by atomic mass is 16.5. The van der Waals surface area contributed by atoms with Crippen LogP contribution in [0.15, 0.2) is 66.0 Å². The van der Waals surface area contributed by atoms with Crippen LogP contribution < -0.4 is 10.5 Å². The maximum atomic E-state index is 13.0. The largest absolute Gasteiger partial charge is 0.383 e. The fourth-order valence-corrected chi connectivity index (χ4v) is 4.94. The van der Waals surface area contributed by atoms with Gasteiger partial charge in [-0.25, -0.2) is 0 Å². The van der Waals surface area contributed by atoms with Crippen molar-refractivity contribution in [2.75, 3.05) is 45.3 Å². The van der Waals surface area contributed by atoms with Crippen LogP contribution in [0.3, 0.4) is 0 Å². The van der Waals surface area contributed by atoms with Gasteiger partial charge < -0.3 is 19.1 Å². The van der Waals surface area contributed by atoms with Gasteiger partial charge in [-0.2, -0.15) is 0 Å². The van der Waals surface area contributed by atoms with Gasteiger partial charge in [-0.1, -0.05) is 36.9 Å². The third kappa shape index (κ3) is 4.90. The minimum absolute atomic E-state index is 0.0941. The number of hydrogen-bond donors (Lipinski definition) is 0. The lowest BCUT2D eigenvalue weighted by molar-refractivity contribution is 0.130. The van der Waals surface area contributed by atoms with Gasteiger partial charge in [0.05, 0.1) is 12.1 Å². The van der Waals surface area contributed by atoms with E-state index in [4.69, 9.17) is 4.74 Å². The molecule has 174 valence electrons. The van der Waals surface area contributed by atoms with Crippen LogP contribution in [0.25, 0.3) is 16.6 Å². The summed E-state index contributed by atoms with van der Waals surface area (Å²) in [4.78, 5) is 17.5. The average molecular weight is 446 g/mol. The molecule has 1 saturated heterocycles. The molecule has 2 heterocycles. The Balaban J connectivity index is 1.70. The van der Waals surface area contributed by atoms with E-state index in [1.807, 2.05) is 35.8 Å². The molecule has 1 fully saturated rings. The highest BCUT2D eigenvalue weighted by Gasteiger charge is 2.23. The molecule has 0 aliphatic carbocycles. The first kappa shape index (κ1) is 23.3. The van der Waals surface area contributed by atoms with E-state index < -0.39 is 0 Å². The van der Waals surface area contributed by atoms with Crippen molar-refractivity contribution in [1.29, 1.82) is 0 Å². The lowest BCUT2D eigenvalue weighted by Crippen LogP contribution is -2.35. The normalized spacial score (nSPS) is 15.1. The van der Waals surface area contributed by atoms with Crippen LogP contribution >= 0.6 is 0 Å².